The van der Waals surface area contributed by atoms with Crippen LogP contribution in [0.4, 0.5) is 0 Å². The van der Waals surface area contributed by atoms with E-state index in [-0.39, 0.29) is 5.76 Å². The van der Waals surface area contributed by atoms with Crippen molar-refractivity contribution < 1.29 is 18.7 Å². The first-order valence-electron chi connectivity index (χ1n) is 5.66. The molecule has 1 amide bonds. The molecule has 0 aromatic carbocycles. The molecule has 1 aromatic rings. The summed E-state index contributed by atoms with van der Waals surface area (Å²) in [5, 5.41) is 2.50. The van der Waals surface area contributed by atoms with E-state index in [4.69, 9.17) is 9.15 Å². The van der Waals surface area contributed by atoms with Crippen molar-refractivity contribution in [1.29, 1.82) is 0 Å². The van der Waals surface area contributed by atoms with Crippen LogP contribution in [0.15, 0.2) is 22.8 Å². The standard InChI is InChI=1S/C12H17NO4/c1-3-4-7-17-12(15)9(2)13-11(14)10-6-5-8-16-10/h5-6,8-9H,3-4,7H2,1-2H3,(H,13,14)/t9-/m0/s1. The summed E-state index contributed by atoms with van der Waals surface area (Å²) in [4.78, 5) is 23.0. The summed E-state index contributed by atoms with van der Waals surface area (Å²) in [6.07, 6.45) is 3.18. The van der Waals surface area contributed by atoms with Crippen molar-refractivity contribution in [1.82, 2.24) is 5.32 Å². The van der Waals surface area contributed by atoms with Crippen LogP contribution >= 0.6 is 0 Å². The number of carbonyl (C=O) groups excluding carboxylic acids is 2. The van der Waals surface area contributed by atoms with Gasteiger partial charge >= 0.3 is 5.97 Å². The summed E-state index contributed by atoms with van der Waals surface area (Å²) in [5.74, 6) is -0.675. The third-order valence-corrected chi connectivity index (χ3v) is 2.19. The highest BCUT2D eigenvalue weighted by Gasteiger charge is 2.18. The van der Waals surface area contributed by atoms with Crippen LogP contribution in [0.3, 0.4) is 0 Å². The van der Waals surface area contributed by atoms with Gasteiger partial charge in [-0.3, -0.25) is 4.79 Å². The van der Waals surface area contributed by atoms with Gasteiger partial charge in [-0.05, 0) is 25.5 Å². The molecule has 0 spiro atoms. The number of ether oxygens (including phenoxy) is 1. The van der Waals surface area contributed by atoms with E-state index in [1.807, 2.05) is 6.92 Å². The van der Waals surface area contributed by atoms with E-state index in [2.05, 4.69) is 5.32 Å². The fourth-order valence-electron chi connectivity index (χ4n) is 1.18. The summed E-state index contributed by atoms with van der Waals surface area (Å²) in [6, 6.07) is 2.47. The Hall–Kier alpha value is -1.78. The van der Waals surface area contributed by atoms with E-state index in [0.29, 0.717) is 6.61 Å². The van der Waals surface area contributed by atoms with Gasteiger partial charge in [0.15, 0.2) is 5.76 Å². The van der Waals surface area contributed by atoms with Gasteiger partial charge in [-0.15, -0.1) is 0 Å². The maximum atomic E-state index is 11.5. The molecule has 5 heteroatoms. The van der Waals surface area contributed by atoms with Crippen molar-refractivity contribution in [3.63, 3.8) is 0 Å². The molecule has 1 aromatic heterocycles. The zero-order valence-electron chi connectivity index (χ0n) is 10.1. The zero-order valence-corrected chi connectivity index (χ0v) is 10.1. The van der Waals surface area contributed by atoms with E-state index >= 15 is 0 Å². The van der Waals surface area contributed by atoms with Gasteiger partial charge in [0.25, 0.3) is 5.91 Å². The lowest BCUT2D eigenvalue weighted by Gasteiger charge is -2.12. The van der Waals surface area contributed by atoms with Crippen LogP contribution in [0.2, 0.25) is 0 Å². The highest BCUT2D eigenvalue weighted by Crippen LogP contribution is 2.01. The minimum Gasteiger partial charge on any atom is -0.464 e. The predicted molar refractivity (Wildman–Crippen MR) is 61.5 cm³/mol. The number of hydrogen-bond acceptors (Lipinski definition) is 4. The summed E-state index contributed by atoms with van der Waals surface area (Å²) in [6.45, 7) is 3.97. The van der Waals surface area contributed by atoms with Gasteiger partial charge in [-0.1, -0.05) is 13.3 Å². The molecule has 17 heavy (non-hydrogen) atoms. The molecule has 1 N–H and O–H groups in total. The Morgan fingerprint density at radius 3 is 2.88 bits per heavy atom. The number of amides is 1. The molecule has 1 rings (SSSR count). The highest BCUT2D eigenvalue weighted by atomic mass is 16.5. The summed E-state index contributed by atoms with van der Waals surface area (Å²) in [7, 11) is 0. The normalized spacial score (nSPS) is 11.9. The molecule has 0 unspecified atom stereocenters. The van der Waals surface area contributed by atoms with Crippen LogP contribution in [-0.4, -0.2) is 24.5 Å². The van der Waals surface area contributed by atoms with Gasteiger partial charge in [0.2, 0.25) is 0 Å². The fourth-order valence-corrected chi connectivity index (χ4v) is 1.18. The molecule has 0 saturated heterocycles. The van der Waals surface area contributed by atoms with Crippen molar-refractivity contribution in [3.8, 4) is 0 Å². The first kappa shape index (κ1) is 13.3. The molecule has 0 radical (unpaired) electrons. The topological polar surface area (TPSA) is 68.5 Å². The van der Waals surface area contributed by atoms with E-state index < -0.39 is 17.9 Å². The summed E-state index contributed by atoms with van der Waals surface area (Å²) < 4.78 is 9.89. The van der Waals surface area contributed by atoms with Gasteiger partial charge in [-0.2, -0.15) is 0 Å². The van der Waals surface area contributed by atoms with Gasteiger partial charge in [0.05, 0.1) is 12.9 Å². The largest absolute Gasteiger partial charge is 0.464 e. The number of nitrogens with one attached hydrogen (secondary N) is 1. The zero-order chi connectivity index (χ0) is 12.7. The molecule has 0 aliphatic rings. The molecular formula is C12H17NO4. The van der Waals surface area contributed by atoms with E-state index in [0.717, 1.165) is 12.8 Å². The summed E-state index contributed by atoms with van der Waals surface area (Å²) in [5.41, 5.74) is 0. The average Bonchev–Trinajstić information content (AvgIpc) is 2.82. The quantitative estimate of drug-likeness (QED) is 0.606. The van der Waals surface area contributed by atoms with Crippen molar-refractivity contribution in [2.75, 3.05) is 6.61 Å². The molecule has 0 bridgehead atoms. The Morgan fingerprint density at radius 2 is 2.29 bits per heavy atom. The third kappa shape index (κ3) is 4.30. The Labute approximate surface area is 100 Å². The second kappa shape index (κ2) is 6.73. The lowest BCUT2D eigenvalue weighted by molar-refractivity contribution is -0.145. The maximum absolute atomic E-state index is 11.5. The smallest absolute Gasteiger partial charge is 0.328 e. The fraction of sp³-hybridized carbons (Fsp3) is 0.500. The molecule has 1 heterocycles. The predicted octanol–water partition coefficient (Wildman–Crippen LogP) is 1.74. The minimum absolute atomic E-state index is 0.179. The molecule has 1 atom stereocenters. The molecule has 0 fully saturated rings. The van der Waals surface area contributed by atoms with Crippen LogP contribution in [-0.2, 0) is 9.53 Å². The molecule has 5 nitrogen and oxygen atoms in total. The van der Waals surface area contributed by atoms with Crippen LogP contribution in [0.25, 0.3) is 0 Å². The Kier molecular flexibility index (Phi) is 5.26. The monoisotopic (exact) mass is 239 g/mol. The second-order valence-electron chi connectivity index (χ2n) is 3.69. The van der Waals surface area contributed by atoms with Crippen LogP contribution < -0.4 is 5.32 Å². The Bertz CT molecular complexity index is 359. The molecular weight excluding hydrogens is 222 g/mol. The van der Waals surface area contributed by atoms with Crippen LogP contribution in [0, 0.1) is 0 Å². The van der Waals surface area contributed by atoms with E-state index in [9.17, 15) is 9.59 Å². The van der Waals surface area contributed by atoms with Crippen LogP contribution in [0.1, 0.15) is 37.2 Å². The second-order valence-corrected chi connectivity index (χ2v) is 3.69. The average molecular weight is 239 g/mol. The molecule has 0 aliphatic heterocycles. The molecule has 0 saturated carbocycles. The van der Waals surface area contributed by atoms with Gasteiger partial charge < -0.3 is 14.5 Å². The van der Waals surface area contributed by atoms with Crippen molar-refractivity contribution in [3.05, 3.63) is 24.2 Å². The highest BCUT2D eigenvalue weighted by molar-refractivity contribution is 5.94. The number of furan rings is 1. The Morgan fingerprint density at radius 1 is 1.53 bits per heavy atom. The first-order chi connectivity index (χ1) is 8.15. The molecule has 94 valence electrons. The maximum Gasteiger partial charge on any atom is 0.328 e. The third-order valence-electron chi connectivity index (χ3n) is 2.19. The lowest BCUT2D eigenvalue weighted by Crippen LogP contribution is -2.39. The van der Waals surface area contributed by atoms with E-state index in [1.54, 1.807) is 13.0 Å². The van der Waals surface area contributed by atoms with Gasteiger partial charge in [0.1, 0.15) is 6.04 Å². The number of unbranched alkanes of at least 4 members (excludes halogenated alkanes) is 1. The lowest BCUT2D eigenvalue weighted by atomic mass is 10.3. The summed E-state index contributed by atoms with van der Waals surface area (Å²) >= 11 is 0. The Balaban J connectivity index is 2.35. The minimum atomic E-state index is -0.676. The SMILES string of the molecule is CCCCOC(=O)[C@H](C)NC(=O)c1ccco1. The number of esters is 1. The number of carbonyl (C=O) groups is 2. The van der Waals surface area contributed by atoms with Crippen molar-refractivity contribution in [2.24, 2.45) is 0 Å². The first-order valence-corrected chi connectivity index (χ1v) is 5.66. The van der Waals surface area contributed by atoms with Crippen LogP contribution in [0.5, 0.6) is 0 Å². The number of rotatable bonds is 6. The van der Waals surface area contributed by atoms with Gasteiger partial charge in [0, 0.05) is 0 Å². The van der Waals surface area contributed by atoms with Crippen molar-refractivity contribution in [2.45, 2.75) is 32.7 Å². The number of hydrogen-bond donors (Lipinski definition) is 1. The van der Waals surface area contributed by atoms with E-state index in [1.165, 1.54) is 12.3 Å². The van der Waals surface area contributed by atoms with Crippen molar-refractivity contribution >= 4 is 11.9 Å². The van der Waals surface area contributed by atoms with Gasteiger partial charge in [-0.25, -0.2) is 4.79 Å². The molecule has 0 aliphatic carbocycles.